The Balaban J connectivity index is 1.47. The third-order valence-electron chi connectivity index (χ3n) is 4.78. The number of aromatic nitrogens is 5. The van der Waals surface area contributed by atoms with Crippen LogP contribution in [0.5, 0.6) is 0 Å². The zero-order valence-electron chi connectivity index (χ0n) is 17.9. The summed E-state index contributed by atoms with van der Waals surface area (Å²) in [6.07, 6.45) is 4.80. The van der Waals surface area contributed by atoms with Crippen molar-refractivity contribution in [3.63, 3.8) is 0 Å². The van der Waals surface area contributed by atoms with Gasteiger partial charge in [-0.25, -0.2) is 28.2 Å². The Bertz CT molecular complexity index is 1340. The second-order valence-corrected chi connectivity index (χ2v) is 9.51. The van der Waals surface area contributed by atoms with Gasteiger partial charge in [0.05, 0.1) is 25.5 Å². The molecule has 3 aromatic heterocycles. The molecule has 4 N–H and O–H groups in total. The number of rotatable bonds is 7. The van der Waals surface area contributed by atoms with E-state index in [0.717, 1.165) is 17.5 Å². The van der Waals surface area contributed by atoms with Crippen molar-refractivity contribution in [2.24, 2.45) is 0 Å². The van der Waals surface area contributed by atoms with Gasteiger partial charge >= 0.3 is 6.09 Å². The lowest BCUT2D eigenvalue weighted by atomic mass is 10.1. The highest BCUT2D eigenvalue weighted by molar-refractivity contribution is 7.92. The Labute approximate surface area is 199 Å². The Hall–Kier alpha value is -3.78. The first kappa shape index (κ1) is 23.4. The lowest BCUT2D eigenvalue weighted by Crippen LogP contribution is -2.35. The second-order valence-electron chi connectivity index (χ2n) is 7.35. The van der Waals surface area contributed by atoms with Crippen molar-refractivity contribution in [1.82, 2.24) is 29.8 Å². The molecule has 0 unspecified atom stereocenters. The summed E-state index contributed by atoms with van der Waals surface area (Å²) in [5.74, 6) is 1.13. The standard InChI is InChI=1S/C19H20ClN9O4S/c1-34(32,33)28-17-14(21-5-6-22-17)9-23-16-12(20)8-24-18(27-16)26-15-3-2-11-10-29(19(30)31)7-4-13(11)25-15/h2-3,5-6,8H,4,7,9-10H2,1H3,(H,22,28)(H,30,31)(H2,23,24,25,26,27). The number of hydrogen-bond donors (Lipinski definition) is 4. The van der Waals surface area contributed by atoms with Gasteiger partial charge in [0, 0.05) is 31.1 Å². The molecule has 0 aromatic carbocycles. The van der Waals surface area contributed by atoms with E-state index in [1.54, 1.807) is 6.07 Å². The van der Waals surface area contributed by atoms with Gasteiger partial charge in [-0.1, -0.05) is 17.7 Å². The lowest BCUT2D eigenvalue weighted by Gasteiger charge is -2.25. The fourth-order valence-electron chi connectivity index (χ4n) is 3.24. The van der Waals surface area contributed by atoms with Crippen molar-refractivity contribution in [2.45, 2.75) is 19.5 Å². The summed E-state index contributed by atoms with van der Waals surface area (Å²) in [4.78, 5) is 33.7. The molecule has 0 fully saturated rings. The van der Waals surface area contributed by atoms with Gasteiger partial charge in [-0.2, -0.15) is 4.98 Å². The molecule has 15 heteroatoms. The molecule has 0 spiro atoms. The molecule has 1 aliphatic heterocycles. The third-order valence-corrected chi connectivity index (χ3v) is 5.62. The summed E-state index contributed by atoms with van der Waals surface area (Å²) in [5, 5.41) is 15.4. The molecule has 34 heavy (non-hydrogen) atoms. The van der Waals surface area contributed by atoms with Crippen LogP contribution in [0.3, 0.4) is 0 Å². The number of amides is 1. The number of anilines is 4. The highest BCUT2D eigenvalue weighted by atomic mass is 35.5. The maximum absolute atomic E-state index is 11.6. The van der Waals surface area contributed by atoms with Crippen LogP contribution < -0.4 is 15.4 Å². The Kier molecular flexibility index (Phi) is 6.61. The van der Waals surface area contributed by atoms with Gasteiger partial charge < -0.3 is 20.6 Å². The van der Waals surface area contributed by atoms with E-state index in [1.165, 1.54) is 23.5 Å². The first-order valence-electron chi connectivity index (χ1n) is 9.96. The summed E-state index contributed by atoms with van der Waals surface area (Å²) in [7, 11) is -3.53. The molecular weight excluding hydrogens is 486 g/mol. The van der Waals surface area contributed by atoms with E-state index in [4.69, 9.17) is 16.7 Å². The monoisotopic (exact) mass is 505 g/mol. The van der Waals surface area contributed by atoms with Gasteiger partial charge in [0.1, 0.15) is 16.5 Å². The fraction of sp³-hybridized carbons (Fsp3) is 0.263. The van der Waals surface area contributed by atoms with Crippen LogP contribution in [0.2, 0.25) is 5.02 Å². The average Bonchev–Trinajstić information content (AvgIpc) is 2.79. The minimum absolute atomic E-state index is 0.0963. The van der Waals surface area contributed by atoms with Gasteiger partial charge in [0.25, 0.3) is 0 Å². The average molecular weight is 506 g/mol. The normalized spacial score (nSPS) is 13.2. The second kappa shape index (κ2) is 9.61. The van der Waals surface area contributed by atoms with Gasteiger partial charge in [-0.3, -0.25) is 9.71 Å². The Morgan fingerprint density at radius 3 is 2.74 bits per heavy atom. The van der Waals surface area contributed by atoms with Gasteiger partial charge in [0.2, 0.25) is 16.0 Å². The predicted molar refractivity (Wildman–Crippen MR) is 125 cm³/mol. The molecule has 4 heterocycles. The highest BCUT2D eigenvalue weighted by Gasteiger charge is 2.21. The molecule has 178 valence electrons. The quantitative estimate of drug-likeness (QED) is 0.369. The molecule has 0 radical (unpaired) electrons. The first-order valence-corrected chi connectivity index (χ1v) is 12.2. The van der Waals surface area contributed by atoms with Crippen molar-refractivity contribution >= 4 is 51.1 Å². The van der Waals surface area contributed by atoms with E-state index in [2.05, 4.69) is 40.3 Å². The molecule has 0 saturated carbocycles. The predicted octanol–water partition coefficient (Wildman–Crippen LogP) is 2.08. The Morgan fingerprint density at radius 2 is 1.97 bits per heavy atom. The molecule has 0 saturated heterocycles. The van der Waals surface area contributed by atoms with Crippen LogP contribution in [-0.4, -0.2) is 62.2 Å². The van der Waals surface area contributed by atoms with Crippen LogP contribution in [0, 0.1) is 0 Å². The van der Waals surface area contributed by atoms with Crippen LogP contribution in [0.1, 0.15) is 17.0 Å². The molecule has 1 aliphatic rings. The molecule has 0 atom stereocenters. The van der Waals surface area contributed by atoms with Crippen molar-refractivity contribution in [3.8, 4) is 0 Å². The van der Waals surface area contributed by atoms with E-state index in [-0.39, 0.29) is 23.3 Å². The summed E-state index contributed by atoms with van der Waals surface area (Å²) in [6, 6.07) is 3.54. The van der Waals surface area contributed by atoms with Crippen molar-refractivity contribution in [3.05, 3.63) is 52.7 Å². The van der Waals surface area contributed by atoms with Crippen LogP contribution in [0.4, 0.5) is 28.2 Å². The number of sulfonamides is 1. The minimum atomic E-state index is -3.53. The van der Waals surface area contributed by atoms with E-state index in [1.807, 2.05) is 6.07 Å². The number of hydrogen-bond acceptors (Lipinski definition) is 10. The largest absolute Gasteiger partial charge is 0.465 e. The van der Waals surface area contributed by atoms with Crippen LogP contribution in [-0.2, 0) is 29.5 Å². The number of nitrogens with zero attached hydrogens (tertiary/aromatic N) is 6. The van der Waals surface area contributed by atoms with E-state index < -0.39 is 16.1 Å². The number of nitrogens with one attached hydrogen (secondary N) is 3. The SMILES string of the molecule is CS(=O)(=O)Nc1nccnc1CNc1nc(Nc2ccc3c(n2)CCN(C(=O)O)C3)ncc1Cl. The molecular formula is C19H20ClN9O4S. The summed E-state index contributed by atoms with van der Waals surface area (Å²) >= 11 is 6.21. The molecule has 1 amide bonds. The van der Waals surface area contributed by atoms with Crippen LogP contribution >= 0.6 is 11.6 Å². The van der Waals surface area contributed by atoms with E-state index in [9.17, 15) is 13.2 Å². The molecule has 13 nitrogen and oxygen atoms in total. The smallest absolute Gasteiger partial charge is 0.407 e. The van der Waals surface area contributed by atoms with E-state index >= 15 is 0 Å². The summed E-state index contributed by atoms with van der Waals surface area (Å²) in [6.45, 7) is 0.768. The topological polar surface area (TPSA) is 175 Å². The van der Waals surface area contributed by atoms with Gasteiger partial charge in [-0.05, 0) is 11.6 Å². The number of carboxylic acid groups (broad SMARTS) is 1. The molecule has 0 aliphatic carbocycles. The molecule has 3 aromatic rings. The zero-order chi connectivity index (χ0) is 24.3. The van der Waals surface area contributed by atoms with E-state index in [0.29, 0.717) is 36.8 Å². The zero-order valence-corrected chi connectivity index (χ0v) is 19.4. The van der Waals surface area contributed by atoms with Crippen molar-refractivity contribution < 1.29 is 18.3 Å². The van der Waals surface area contributed by atoms with Crippen LogP contribution in [0.25, 0.3) is 0 Å². The van der Waals surface area contributed by atoms with Crippen LogP contribution in [0.15, 0.2) is 30.7 Å². The van der Waals surface area contributed by atoms with Crippen molar-refractivity contribution in [1.29, 1.82) is 0 Å². The highest BCUT2D eigenvalue weighted by Crippen LogP contribution is 2.24. The minimum Gasteiger partial charge on any atom is -0.465 e. The molecule has 4 rings (SSSR count). The first-order chi connectivity index (χ1) is 16.2. The summed E-state index contributed by atoms with van der Waals surface area (Å²) < 4.78 is 25.4. The maximum Gasteiger partial charge on any atom is 0.407 e. The molecule has 0 bridgehead atoms. The summed E-state index contributed by atoms with van der Waals surface area (Å²) in [5.41, 5.74) is 2.01. The number of halogens is 1. The number of carbonyl (C=O) groups is 1. The fourth-order valence-corrected chi connectivity index (χ4v) is 3.92. The Morgan fingerprint density at radius 1 is 1.18 bits per heavy atom. The van der Waals surface area contributed by atoms with Crippen molar-refractivity contribution in [2.75, 3.05) is 28.2 Å². The third kappa shape index (κ3) is 5.77. The number of fused-ring (bicyclic) bond motifs is 1. The number of pyridine rings is 1. The van der Waals surface area contributed by atoms with Gasteiger partial charge in [0.15, 0.2) is 11.6 Å². The van der Waals surface area contributed by atoms with Gasteiger partial charge in [-0.15, -0.1) is 0 Å². The lowest BCUT2D eigenvalue weighted by molar-refractivity contribution is 0.139. The maximum atomic E-state index is 11.6.